The molecule has 1 amide bonds. The SMILES string of the molecule is COc1ccccc1C(C)NC(=O)C(C)N1CCCC1c1ccc(C)s1. The number of nitrogens with one attached hydrogen (secondary N) is 1. The van der Waals surface area contributed by atoms with E-state index in [9.17, 15) is 4.79 Å². The minimum Gasteiger partial charge on any atom is -0.496 e. The van der Waals surface area contributed by atoms with Gasteiger partial charge in [-0.1, -0.05) is 18.2 Å². The summed E-state index contributed by atoms with van der Waals surface area (Å²) >= 11 is 1.84. The number of benzene rings is 1. The molecular weight excluding hydrogens is 344 g/mol. The zero-order chi connectivity index (χ0) is 18.7. The minimum absolute atomic E-state index is 0.0728. The van der Waals surface area contributed by atoms with Crippen LogP contribution >= 0.6 is 11.3 Å². The van der Waals surface area contributed by atoms with Crippen molar-refractivity contribution in [2.45, 2.75) is 51.7 Å². The molecule has 1 aromatic heterocycles. The maximum Gasteiger partial charge on any atom is 0.237 e. The molecule has 1 N–H and O–H groups in total. The highest BCUT2D eigenvalue weighted by atomic mass is 32.1. The van der Waals surface area contributed by atoms with Gasteiger partial charge >= 0.3 is 0 Å². The fourth-order valence-corrected chi connectivity index (χ4v) is 4.81. The Balaban J connectivity index is 1.69. The lowest BCUT2D eigenvalue weighted by atomic mass is 10.1. The first-order valence-corrected chi connectivity index (χ1v) is 10.1. The molecule has 0 bridgehead atoms. The van der Waals surface area contributed by atoms with Crippen LogP contribution in [0.5, 0.6) is 5.75 Å². The number of carbonyl (C=O) groups is 1. The smallest absolute Gasteiger partial charge is 0.237 e. The zero-order valence-electron chi connectivity index (χ0n) is 16.0. The molecule has 26 heavy (non-hydrogen) atoms. The van der Waals surface area contributed by atoms with Crippen LogP contribution < -0.4 is 10.1 Å². The van der Waals surface area contributed by atoms with Crippen molar-refractivity contribution in [1.29, 1.82) is 0 Å². The lowest BCUT2D eigenvalue weighted by Crippen LogP contribution is -2.45. The monoisotopic (exact) mass is 372 g/mol. The molecule has 2 heterocycles. The van der Waals surface area contributed by atoms with Crippen LogP contribution in [0.1, 0.15) is 54.1 Å². The highest BCUT2D eigenvalue weighted by Gasteiger charge is 2.34. The molecule has 1 aliphatic rings. The molecule has 3 rings (SSSR count). The Morgan fingerprint density at radius 3 is 2.73 bits per heavy atom. The fourth-order valence-electron chi connectivity index (χ4n) is 3.78. The third kappa shape index (κ3) is 3.94. The molecule has 4 nitrogen and oxygen atoms in total. The number of methoxy groups -OCH3 is 1. The van der Waals surface area contributed by atoms with Gasteiger partial charge in [-0.25, -0.2) is 0 Å². The molecule has 2 aromatic rings. The Kier molecular flexibility index (Phi) is 5.99. The number of likely N-dealkylation sites (tertiary alicyclic amines) is 1. The molecule has 1 fully saturated rings. The van der Waals surface area contributed by atoms with Gasteiger partial charge in [0.2, 0.25) is 5.91 Å². The van der Waals surface area contributed by atoms with E-state index in [2.05, 4.69) is 29.3 Å². The quantitative estimate of drug-likeness (QED) is 0.813. The molecule has 0 aliphatic carbocycles. The van der Waals surface area contributed by atoms with Crippen molar-refractivity contribution < 1.29 is 9.53 Å². The molecule has 0 radical (unpaired) electrons. The van der Waals surface area contributed by atoms with Crippen molar-refractivity contribution in [2.75, 3.05) is 13.7 Å². The summed E-state index contributed by atoms with van der Waals surface area (Å²) in [5, 5.41) is 3.17. The first-order chi connectivity index (χ1) is 12.5. The van der Waals surface area contributed by atoms with Crippen LogP contribution in [-0.4, -0.2) is 30.5 Å². The largest absolute Gasteiger partial charge is 0.496 e. The Labute approximate surface area is 160 Å². The van der Waals surface area contributed by atoms with Crippen LogP contribution in [-0.2, 0) is 4.79 Å². The van der Waals surface area contributed by atoms with Crippen molar-refractivity contribution >= 4 is 17.2 Å². The highest BCUT2D eigenvalue weighted by Crippen LogP contribution is 2.37. The number of hydrogen-bond donors (Lipinski definition) is 1. The Bertz CT molecular complexity index is 758. The molecule has 1 saturated heterocycles. The average Bonchev–Trinajstić information content (AvgIpc) is 3.29. The molecule has 3 atom stereocenters. The van der Waals surface area contributed by atoms with Crippen LogP contribution in [0.2, 0.25) is 0 Å². The number of rotatable bonds is 6. The maximum atomic E-state index is 12.9. The van der Waals surface area contributed by atoms with E-state index < -0.39 is 0 Å². The van der Waals surface area contributed by atoms with Crippen LogP contribution in [0.15, 0.2) is 36.4 Å². The molecule has 140 valence electrons. The molecule has 1 aliphatic heterocycles. The molecule has 1 aromatic carbocycles. The zero-order valence-corrected chi connectivity index (χ0v) is 16.8. The van der Waals surface area contributed by atoms with Crippen LogP contribution in [0.4, 0.5) is 0 Å². The highest BCUT2D eigenvalue weighted by molar-refractivity contribution is 7.12. The number of ether oxygens (including phenoxy) is 1. The van der Waals surface area contributed by atoms with Gasteiger partial charge in [-0.05, 0) is 58.4 Å². The lowest BCUT2D eigenvalue weighted by molar-refractivity contribution is -0.126. The van der Waals surface area contributed by atoms with Crippen LogP contribution in [0.25, 0.3) is 0 Å². The van der Waals surface area contributed by atoms with E-state index in [4.69, 9.17) is 4.74 Å². The number of thiophene rings is 1. The summed E-state index contributed by atoms with van der Waals surface area (Å²) < 4.78 is 5.43. The summed E-state index contributed by atoms with van der Waals surface area (Å²) in [4.78, 5) is 17.9. The van der Waals surface area contributed by atoms with Gasteiger partial charge in [0.15, 0.2) is 0 Å². The molecule has 0 saturated carbocycles. The van der Waals surface area contributed by atoms with E-state index in [0.717, 1.165) is 30.7 Å². The third-order valence-corrected chi connectivity index (χ3v) is 6.33. The maximum absolute atomic E-state index is 12.9. The Hall–Kier alpha value is -1.85. The van der Waals surface area contributed by atoms with Gasteiger partial charge in [-0.15, -0.1) is 11.3 Å². The summed E-state index contributed by atoms with van der Waals surface area (Å²) in [7, 11) is 1.66. The molecule has 5 heteroatoms. The first kappa shape index (κ1) is 18.9. The third-order valence-electron chi connectivity index (χ3n) is 5.22. The summed E-state index contributed by atoms with van der Waals surface area (Å²) in [5.41, 5.74) is 1.00. The summed E-state index contributed by atoms with van der Waals surface area (Å²) in [6, 6.07) is 12.3. The second-order valence-electron chi connectivity index (χ2n) is 6.99. The van der Waals surface area contributed by atoms with Gasteiger partial charge in [0, 0.05) is 21.4 Å². The standard InChI is InChI=1S/C21H28N2O2S/c1-14-11-12-20(26-14)18-9-7-13-23(18)16(3)21(24)22-15(2)17-8-5-6-10-19(17)25-4/h5-6,8,10-12,15-16,18H,7,9,13H2,1-4H3,(H,22,24). The number of aryl methyl sites for hydroxylation is 1. The Morgan fingerprint density at radius 2 is 2.04 bits per heavy atom. The predicted molar refractivity (Wildman–Crippen MR) is 107 cm³/mol. The topological polar surface area (TPSA) is 41.6 Å². The minimum atomic E-state index is -0.151. The first-order valence-electron chi connectivity index (χ1n) is 9.26. The van der Waals surface area contributed by atoms with Gasteiger partial charge in [-0.2, -0.15) is 0 Å². The van der Waals surface area contributed by atoms with Gasteiger partial charge < -0.3 is 10.1 Å². The number of nitrogens with zero attached hydrogens (tertiary/aromatic N) is 1. The van der Waals surface area contributed by atoms with Crippen molar-refractivity contribution in [1.82, 2.24) is 10.2 Å². The van der Waals surface area contributed by atoms with Crippen LogP contribution in [0.3, 0.4) is 0 Å². The second kappa shape index (κ2) is 8.23. The van der Waals surface area contributed by atoms with Gasteiger partial charge in [0.25, 0.3) is 0 Å². The van der Waals surface area contributed by atoms with Gasteiger partial charge in [0.05, 0.1) is 19.2 Å². The predicted octanol–water partition coefficient (Wildman–Crippen LogP) is 4.47. The number of hydrogen-bond acceptors (Lipinski definition) is 4. The number of para-hydroxylation sites is 1. The molecular formula is C21H28N2O2S. The van der Waals surface area contributed by atoms with Gasteiger partial charge in [-0.3, -0.25) is 9.69 Å². The average molecular weight is 373 g/mol. The van der Waals surface area contributed by atoms with Crippen molar-refractivity contribution in [3.8, 4) is 5.75 Å². The normalized spacial score (nSPS) is 19.9. The van der Waals surface area contributed by atoms with E-state index in [1.807, 2.05) is 49.4 Å². The van der Waals surface area contributed by atoms with E-state index in [1.165, 1.54) is 9.75 Å². The summed E-state index contributed by atoms with van der Waals surface area (Å²) in [6.07, 6.45) is 2.26. The number of amides is 1. The lowest BCUT2D eigenvalue weighted by Gasteiger charge is -2.30. The van der Waals surface area contributed by atoms with Crippen molar-refractivity contribution in [3.63, 3.8) is 0 Å². The van der Waals surface area contributed by atoms with Crippen LogP contribution in [0, 0.1) is 6.92 Å². The van der Waals surface area contributed by atoms with Gasteiger partial charge in [0.1, 0.15) is 5.75 Å². The second-order valence-corrected chi connectivity index (χ2v) is 8.31. The van der Waals surface area contributed by atoms with E-state index in [1.54, 1.807) is 7.11 Å². The van der Waals surface area contributed by atoms with E-state index in [0.29, 0.717) is 6.04 Å². The fraction of sp³-hybridized carbons (Fsp3) is 0.476. The molecule has 3 unspecified atom stereocenters. The summed E-state index contributed by atoms with van der Waals surface area (Å²) in [5.74, 6) is 0.879. The summed E-state index contributed by atoms with van der Waals surface area (Å²) in [6.45, 7) is 7.13. The van der Waals surface area contributed by atoms with Crippen molar-refractivity contribution in [2.24, 2.45) is 0 Å². The molecule has 0 spiro atoms. The van der Waals surface area contributed by atoms with E-state index in [-0.39, 0.29) is 18.0 Å². The van der Waals surface area contributed by atoms with E-state index >= 15 is 0 Å². The Morgan fingerprint density at radius 1 is 1.27 bits per heavy atom. The van der Waals surface area contributed by atoms with Crippen molar-refractivity contribution in [3.05, 3.63) is 51.7 Å². The number of carbonyl (C=O) groups excluding carboxylic acids is 1.